The molecule has 0 aliphatic rings. The van der Waals surface area contributed by atoms with Crippen LogP contribution in [0.25, 0.3) is 27.4 Å². The largest absolute Gasteiger partial charge is 0.364 e. The summed E-state index contributed by atoms with van der Waals surface area (Å²) in [6.07, 6.45) is 0. The van der Waals surface area contributed by atoms with Gasteiger partial charge in [0.1, 0.15) is 0 Å². The van der Waals surface area contributed by atoms with Gasteiger partial charge >= 0.3 is 0 Å². The average Bonchev–Trinajstić information content (AvgIpc) is 3.24. The first-order valence-corrected chi connectivity index (χ1v) is 12.5. The molecular formula is C25H18ClN5O4S. The summed E-state index contributed by atoms with van der Waals surface area (Å²) in [7, 11) is -3.88. The number of hydrogen-bond donors (Lipinski definition) is 3. The Balaban J connectivity index is 1.68. The van der Waals surface area contributed by atoms with Gasteiger partial charge < -0.3 is 11.1 Å². The zero-order valence-corrected chi connectivity index (χ0v) is 20.0. The van der Waals surface area contributed by atoms with Crippen molar-refractivity contribution in [3.63, 3.8) is 0 Å². The third kappa shape index (κ3) is 4.17. The number of primary sulfonamides is 1. The molecule has 0 saturated heterocycles. The predicted molar refractivity (Wildman–Crippen MR) is 138 cm³/mol. The maximum absolute atomic E-state index is 12.8. The van der Waals surface area contributed by atoms with E-state index in [1.54, 1.807) is 42.5 Å². The molecule has 36 heavy (non-hydrogen) atoms. The van der Waals surface area contributed by atoms with Crippen LogP contribution in [0.15, 0.2) is 83.8 Å². The Morgan fingerprint density at radius 2 is 1.61 bits per heavy atom. The zero-order chi connectivity index (χ0) is 25.6. The smallest absolute Gasteiger partial charge is 0.269 e. The van der Waals surface area contributed by atoms with Crippen molar-refractivity contribution in [2.24, 2.45) is 10.9 Å². The Hall–Kier alpha value is -4.25. The number of carbonyl (C=O) groups excluding carboxylic acids is 2. The molecule has 11 heteroatoms. The molecule has 0 radical (unpaired) electrons. The summed E-state index contributed by atoms with van der Waals surface area (Å²) in [4.78, 5) is 24.9. The lowest BCUT2D eigenvalue weighted by molar-refractivity contribution is 0.0994. The Kier molecular flexibility index (Phi) is 5.71. The Bertz CT molecular complexity index is 1800. The van der Waals surface area contributed by atoms with Gasteiger partial charge in [-0.25, -0.2) is 18.2 Å². The van der Waals surface area contributed by atoms with Crippen LogP contribution in [0.1, 0.15) is 20.8 Å². The fourth-order valence-corrected chi connectivity index (χ4v) is 4.73. The molecule has 0 atom stereocenters. The van der Waals surface area contributed by atoms with Gasteiger partial charge in [-0.2, -0.15) is 5.10 Å². The first-order valence-electron chi connectivity index (χ1n) is 10.6. The van der Waals surface area contributed by atoms with E-state index in [0.29, 0.717) is 38.3 Å². The SMILES string of the molecule is NC(=O)c1nn(-c2ccc(S(N)(=O)=O)cc2)c2c1ccc1ccc(NC(=O)c3ccccc3Cl)cc12. The second kappa shape index (κ2) is 8.76. The number of carbonyl (C=O) groups is 2. The lowest BCUT2D eigenvalue weighted by Crippen LogP contribution is -2.13. The van der Waals surface area contributed by atoms with Crippen LogP contribution >= 0.6 is 11.6 Å². The molecule has 0 unspecified atom stereocenters. The number of amides is 2. The van der Waals surface area contributed by atoms with E-state index in [0.717, 1.165) is 5.39 Å². The summed E-state index contributed by atoms with van der Waals surface area (Å²) in [6.45, 7) is 0. The van der Waals surface area contributed by atoms with Crippen molar-refractivity contribution in [2.45, 2.75) is 4.90 Å². The van der Waals surface area contributed by atoms with Crippen molar-refractivity contribution in [2.75, 3.05) is 5.32 Å². The van der Waals surface area contributed by atoms with Crippen LogP contribution in [0.4, 0.5) is 5.69 Å². The number of nitrogens with zero attached hydrogens (tertiary/aromatic N) is 2. The lowest BCUT2D eigenvalue weighted by atomic mass is 10.0. The molecule has 4 aromatic carbocycles. The molecule has 5 rings (SSSR count). The quantitative estimate of drug-likeness (QED) is 0.322. The van der Waals surface area contributed by atoms with Crippen LogP contribution in [0.3, 0.4) is 0 Å². The number of primary amides is 1. The standard InChI is InChI=1S/C25H18ClN5O4S/c26-21-4-2-1-3-18(21)25(33)29-15-7-5-14-6-12-19-22(24(27)32)30-31(23(19)20(14)13-15)16-8-10-17(11-9-16)36(28,34)35/h1-13H,(H2,27,32)(H,29,33)(H2,28,34,35). The fourth-order valence-electron chi connectivity index (χ4n) is 3.99. The van der Waals surface area contributed by atoms with Crippen molar-refractivity contribution >= 4 is 60.8 Å². The summed E-state index contributed by atoms with van der Waals surface area (Å²) >= 11 is 6.16. The summed E-state index contributed by atoms with van der Waals surface area (Å²) in [5, 5.41) is 14.8. The van der Waals surface area contributed by atoms with Gasteiger partial charge in [0.2, 0.25) is 10.0 Å². The third-order valence-corrected chi connectivity index (χ3v) is 6.94. The van der Waals surface area contributed by atoms with E-state index in [4.69, 9.17) is 22.5 Å². The summed E-state index contributed by atoms with van der Waals surface area (Å²) in [5.41, 5.74) is 7.50. The maximum atomic E-state index is 12.8. The van der Waals surface area contributed by atoms with Crippen LogP contribution in [-0.2, 0) is 10.0 Å². The maximum Gasteiger partial charge on any atom is 0.269 e. The van der Waals surface area contributed by atoms with Crippen LogP contribution in [-0.4, -0.2) is 30.0 Å². The minimum absolute atomic E-state index is 0.0490. The van der Waals surface area contributed by atoms with Crippen molar-refractivity contribution in [1.29, 1.82) is 0 Å². The highest BCUT2D eigenvalue weighted by Crippen LogP contribution is 2.32. The van der Waals surface area contributed by atoms with Crippen LogP contribution < -0.4 is 16.2 Å². The Labute approximate surface area is 210 Å². The summed E-state index contributed by atoms with van der Waals surface area (Å²) in [6, 6.07) is 21.3. The van der Waals surface area contributed by atoms with Gasteiger partial charge in [-0.15, -0.1) is 0 Å². The number of nitrogens with one attached hydrogen (secondary N) is 1. The van der Waals surface area contributed by atoms with Crippen LogP contribution in [0.5, 0.6) is 0 Å². The zero-order valence-electron chi connectivity index (χ0n) is 18.5. The summed E-state index contributed by atoms with van der Waals surface area (Å²) in [5.74, 6) is -1.10. The van der Waals surface area contributed by atoms with E-state index in [-0.39, 0.29) is 16.5 Å². The Morgan fingerprint density at radius 1 is 0.917 bits per heavy atom. The molecule has 0 fully saturated rings. The van der Waals surface area contributed by atoms with Gasteiger partial charge in [-0.3, -0.25) is 9.59 Å². The molecule has 5 aromatic rings. The monoisotopic (exact) mass is 519 g/mol. The number of anilines is 1. The van der Waals surface area contributed by atoms with Crippen LogP contribution in [0.2, 0.25) is 5.02 Å². The molecule has 2 amide bonds. The van der Waals surface area contributed by atoms with Crippen molar-refractivity contribution in [3.05, 3.63) is 95.1 Å². The molecule has 1 heterocycles. The lowest BCUT2D eigenvalue weighted by Gasteiger charge is -2.10. The fraction of sp³-hybridized carbons (Fsp3) is 0. The number of rotatable bonds is 5. The van der Waals surface area contributed by atoms with Gasteiger partial charge in [-0.05, 0) is 60.0 Å². The number of halogens is 1. The minimum Gasteiger partial charge on any atom is -0.364 e. The van der Waals surface area contributed by atoms with Gasteiger partial charge in [0.25, 0.3) is 11.8 Å². The third-order valence-electron chi connectivity index (χ3n) is 5.68. The highest BCUT2D eigenvalue weighted by atomic mass is 35.5. The van der Waals surface area contributed by atoms with E-state index in [9.17, 15) is 18.0 Å². The molecule has 0 spiro atoms. The number of fused-ring (bicyclic) bond motifs is 3. The minimum atomic E-state index is -3.88. The highest BCUT2D eigenvalue weighted by molar-refractivity contribution is 7.89. The summed E-state index contributed by atoms with van der Waals surface area (Å²) < 4.78 is 24.8. The van der Waals surface area contributed by atoms with E-state index < -0.39 is 15.9 Å². The molecule has 1 aromatic heterocycles. The van der Waals surface area contributed by atoms with Crippen molar-refractivity contribution in [3.8, 4) is 5.69 Å². The van der Waals surface area contributed by atoms with E-state index in [2.05, 4.69) is 10.4 Å². The molecule has 0 aliphatic heterocycles. The van der Waals surface area contributed by atoms with Gasteiger partial charge in [-0.1, -0.05) is 35.9 Å². The van der Waals surface area contributed by atoms with Crippen molar-refractivity contribution < 1.29 is 18.0 Å². The molecule has 180 valence electrons. The van der Waals surface area contributed by atoms with Crippen molar-refractivity contribution in [1.82, 2.24) is 9.78 Å². The molecule has 0 saturated carbocycles. The number of nitrogens with two attached hydrogens (primary N) is 2. The number of hydrogen-bond acceptors (Lipinski definition) is 5. The van der Waals surface area contributed by atoms with Crippen LogP contribution in [0, 0.1) is 0 Å². The van der Waals surface area contributed by atoms with Gasteiger partial charge in [0, 0.05) is 16.5 Å². The molecular weight excluding hydrogens is 502 g/mol. The second-order valence-electron chi connectivity index (χ2n) is 8.00. The first kappa shape index (κ1) is 23.5. The second-order valence-corrected chi connectivity index (χ2v) is 9.96. The van der Waals surface area contributed by atoms with E-state index in [1.807, 2.05) is 12.1 Å². The number of aromatic nitrogens is 2. The number of benzene rings is 4. The first-order chi connectivity index (χ1) is 17.1. The van der Waals surface area contributed by atoms with E-state index in [1.165, 1.54) is 28.9 Å². The van der Waals surface area contributed by atoms with Gasteiger partial charge in [0.15, 0.2) is 5.69 Å². The number of sulfonamides is 1. The van der Waals surface area contributed by atoms with E-state index >= 15 is 0 Å². The van der Waals surface area contributed by atoms with Gasteiger partial charge in [0.05, 0.1) is 26.7 Å². The predicted octanol–water partition coefficient (Wildman–Crippen LogP) is 3.83. The molecule has 0 aliphatic carbocycles. The Morgan fingerprint density at radius 3 is 2.28 bits per heavy atom. The highest BCUT2D eigenvalue weighted by Gasteiger charge is 2.19. The topological polar surface area (TPSA) is 150 Å². The molecule has 5 N–H and O–H groups in total. The molecule has 9 nitrogen and oxygen atoms in total. The normalized spacial score (nSPS) is 11.6. The average molecular weight is 520 g/mol. The molecule has 0 bridgehead atoms.